The van der Waals surface area contributed by atoms with Crippen molar-refractivity contribution in [1.82, 2.24) is 10.6 Å². The second-order valence-electron chi connectivity index (χ2n) is 4.63. The SMILES string of the molecule is CCNC(=NCC(C)CO)NC1CCCC1. The van der Waals surface area contributed by atoms with Crippen molar-refractivity contribution in [2.45, 2.75) is 45.6 Å². The lowest BCUT2D eigenvalue weighted by Crippen LogP contribution is -2.42. The topological polar surface area (TPSA) is 56.7 Å². The van der Waals surface area contributed by atoms with Crippen LogP contribution in [0.2, 0.25) is 0 Å². The molecular weight excluding hydrogens is 202 g/mol. The average Bonchev–Trinajstić information content (AvgIpc) is 2.78. The second kappa shape index (κ2) is 7.49. The van der Waals surface area contributed by atoms with Crippen molar-refractivity contribution in [3.63, 3.8) is 0 Å². The number of hydrogen-bond acceptors (Lipinski definition) is 2. The van der Waals surface area contributed by atoms with Crippen LogP contribution in [-0.2, 0) is 0 Å². The Labute approximate surface area is 98.5 Å². The van der Waals surface area contributed by atoms with Crippen molar-refractivity contribution in [2.24, 2.45) is 10.9 Å². The Bertz CT molecular complexity index is 212. The van der Waals surface area contributed by atoms with E-state index in [1.165, 1.54) is 25.7 Å². The second-order valence-corrected chi connectivity index (χ2v) is 4.63. The first-order valence-corrected chi connectivity index (χ1v) is 6.42. The molecule has 0 heterocycles. The highest BCUT2D eigenvalue weighted by atomic mass is 16.3. The summed E-state index contributed by atoms with van der Waals surface area (Å²) >= 11 is 0. The number of aliphatic hydroxyl groups is 1. The van der Waals surface area contributed by atoms with Crippen molar-refractivity contribution >= 4 is 5.96 Å². The molecule has 3 N–H and O–H groups in total. The summed E-state index contributed by atoms with van der Waals surface area (Å²) in [5.74, 6) is 1.13. The van der Waals surface area contributed by atoms with Crippen molar-refractivity contribution in [2.75, 3.05) is 19.7 Å². The summed E-state index contributed by atoms with van der Waals surface area (Å²) in [6, 6.07) is 0.585. The van der Waals surface area contributed by atoms with E-state index in [9.17, 15) is 0 Å². The molecule has 0 amide bonds. The zero-order chi connectivity index (χ0) is 11.8. The molecule has 4 heteroatoms. The van der Waals surface area contributed by atoms with E-state index in [1.54, 1.807) is 0 Å². The van der Waals surface area contributed by atoms with Gasteiger partial charge in [0.2, 0.25) is 0 Å². The lowest BCUT2D eigenvalue weighted by molar-refractivity contribution is 0.241. The first kappa shape index (κ1) is 13.3. The van der Waals surface area contributed by atoms with E-state index in [2.05, 4.69) is 22.5 Å². The van der Waals surface area contributed by atoms with E-state index in [1.807, 2.05) is 6.92 Å². The predicted octanol–water partition coefficient (Wildman–Crippen LogP) is 1.11. The largest absolute Gasteiger partial charge is 0.396 e. The molecule has 0 spiro atoms. The normalized spacial score (nSPS) is 19.8. The molecule has 0 radical (unpaired) electrons. The van der Waals surface area contributed by atoms with Crippen LogP contribution in [0.5, 0.6) is 0 Å². The fourth-order valence-electron chi connectivity index (χ4n) is 1.89. The van der Waals surface area contributed by atoms with Gasteiger partial charge in [0.05, 0.1) is 0 Å². The van der Waals surface area contributed by atoms with Gasteiger partial charge in [0.25, 0.3) is 0 Å². The van der Waals surface area contributed by atoms with Crippen molar-refractivity contribution < 1.29 is 5.11 Å². The summed E-state index contributed by atoms with van der Waals surface area (Å²) in [6.45, 7) is 5.83. The van der Waals surface area contributed by atoms with Crippen LogP contribution >= 0.6 is 0 Å². The third-order valence-electron chi connectivity index (χ3n) is 2.91. The third-order valence-corrected chi connectivity index (χ3v) is 2.91. The van der Waals surface area contributed by atoms with Gasteiger partial charge >= 0.3 is 0 Å². The lowest BCUT2D eigenvalue weighted by atomic mass is 10.2. The Morgan fingerprint density at radius 3 is 2.69 bits per heavy atom. The highest BCUT2D eigenvalue weighted by Gasteiger charge is 2.15. The average molecular weight is 227 g/mol. The van der Waals surface area contributed by atoms with E-state index in [4.69, 9.17) is 5.11 Å². The minimum absolute atomic E-state index is 0.201. The Kier molecular flexibility index (Phi) is 6.23. The van der Waals surface area contributed by atoms with Crippen LogP contribution in [0.15, 0.2) is 4.99 Å². The zero-order valence-corrected chi connectivity index (χ0v) is 10.5. The highest BCUT2D eigenvalue weighted by molar-refractivity contribution is 5.80. The molecule has 1 atom stereocenters. The smallest absolute Gasteiger partial charge is 0.191 e. The molecule has 0 aromatic heterocycles. The van der Waals surface area contributed by atoms with Gasteiger partial charge in [-0.1, -0.05) is 19.8 Å². The minimum Gasteiger partial charge on any atom is -0.396 e. The van der Waals surface area contributed by atoms with Gasteiger partial charge in [-0.2, -0.15) is 0 Å². The lowest BCUT2D eigenvalue weighted by Gasteiger charge is -2.17. The van der Waals surface area contributed by atoms with Crippen LogP contribution in [0.1, 0.15) is 39.5 Å². The van der Waals surface area contributed by atoms with E-state index < -0.39 is 0 Å². The highest BCUT2D eigenvalue weighted by Crippen LogP contribution is 2.17. The Morgan fingerprint density at radius 2 is 2.12 bits per heavy atom. The van der Waals surface area contributed by atoms with Crippen LogP contribution in [0.4, 0.5) is 0 Å². The number of nitrogens with zero attached hydrogens (tertiary/aromatic N) is 1. The summed E-state index contributed by atoms with van der Waals surface area (Å²) in [5.41, 5.74) is 0. The molecule has 1 rings (SSSR count). The Hall–Kier alpha value is -0.770. The molecule has 4 nitrogen and oxygen atoms in total. The molecule has 0 aromatic carbocycles. The van der Waals surface area contributed by atoms with Crippen LogP contribution in [0, 0.1) is 5.92 Å². The Morgan fingerprint density at radius 1 is 1.44 bits per heavy atom. The molecule has 1 unspecified atom stereocenters. The van der Waals surface area contributed by atoms with Gasteiger partial charge in [0, 0.05) is 25.7 Å². The van der Waals surface area contributed by atoms with Crippen molar-refractivity contribution in [1.29, 1.82) is 0 Å². The number of aliphatic imine (C=N–C) groups is 1. The van der Waals surface area contributed by atoms with E-state index in [-0.39, 0.29) is 12.5 Å². The van der Waals surface area contributed by atoms with Crippen LogP contribution < -0.4 is 10.6 Å². The van der Waals surface area contributed by atoms with Gasteiger partial charge in [0.1, 0.15) is 0 Å². The molecule has 94 valence electrons. The maximum atomic E-state index is 8.95. The van der Waals surface area contributed by atoms with E-state index in [0.717, 1.165) is 12.5 Å². The molecule has 0 saturated heterocycles. The summed E-state index contributed by atoms with van der Waals surface area (Å²) in [7, 11) is 0. The molecule has 16 heavy (non-hydrogen) atoms. The number of nitrogens with one attached hydrogen (secondary N) is 2. The van der Waals surface area contributed by atoms with Crippen LogP contribution in [0.25, 0.3) is 0 Å². The molecule has 1 aliphatic carbocycles. The molecule has 1 fully saturated rings. The molecule has 0 aromatic rings. The van der Waals surface area contributed by atoms with Crippen molar-refractivity contribution in [3.05, 3.63) is 0 Å². The Balaban J connectivity index is 2.38. The first-order valence-electron chi connectivity index (χ1n) is 6.42. The quantitative estimate of drug-likeness (QED) is 0.487. The van der Waals surface area contributed by atoms with Crippen LogP contribution in [0.3, 0.4) is 0 Å². The van der Waals surface area contributed by atoms with Gasteiger partial charge in [-0.05, 0) is 25.7 Å². The zero-order valence-electron chi connectivity index (χ0n) is 10.5. The van der Waals surface area contributed by atoms with Crippen LogP contribution in [-0.4, -0.2) is 36.8 Å². The van der Waals surface area contributed by atoms with Gasteiger partial charge in [-0.15, -0.1) is 0 Å². The number of rotatable bonds is 5. The first-order chi connectivity index (χ1) is 7.76. The summed E-state index contributed by atoms with van der Waals surface area (Å²) in [4.78, 5) is 4.48. The molecule has 1 saturated carbocycles. The third kappa shape index (κ3) is 4.84. The number of hydrogen-bond donors (Lipinski definition) is 3. The fourth-order valence-corrected chi connectivity index (χ4v) is 1.89. The van der Waals surface area contributed by atoms with Gasteiger partial charge in [0.15, 0.2) is 5.96 Å². The standard InChI is InChI=1S/C12H25N3O/c1-3-13-12(14-8-10(2)9-16)15-11-6-4-5-7-11/h10-11,16H,3-9H2,1-2H3,(H2,13,14,15). The summed E-state index contributed by atoms with van der Waals surface area (Å²) in [6.07, 6.45) is 5.15. The summed E-state index contributed by atoms with van der Waals surface area (Å²) < 4.78 is 0. The molecule has 0 bridgehead atoms. The van der Waals surface area contributed by atoms with Gasteiger partial charge in [-0.3, -0.25) is 4.99 Å². The van der Waals surface area contributed by atoms with E-state index in [0.29, 0.717) is 12.6 Å². The van der Waals surface area contributed by atoms with Crippen molar-refractivity contribution in [3.8, 4) is 0 Å². The predicted molar refractivity (Wildman–Crippen MR) is 67.6 cm³/mol. The molecular formula is C12H25N3O. The minimum atomic E-state index is 0.201. The molecule has 1 aliphatic rings. The maximum Gasteiger partial charge on any atom is 0.191 e. The van der Waals surface area contributed by atoms with Gasteiger partial charge in [-0.25, -0.2) is 0 Å². The maximum absolute atomic E-state index is 8.95. The number of guanidine groups is 1. The monoisotopic (exact) mass is 227 g/mol. The van der Waals surface area contributed by atoms with Gasteiger partial charge < -0.3 is 15.7 Å². The van der Waals surface area contributed by atoms with E-state index >= 15 is 0 Å². The summed E-state index contributed by atoms with van der Waals surface area (Å²) in [5, 5.41) is 15.7. The number of aliphatic hydroxyl groups excluding tert-OH is 1. The molecule has 0 aliphatic heterocycles. The fraction of sp³-hybridized carbons (Fsp3) is 0.917.